The van der Waals surface area contributed by atoms with Crippen molar-refractivity contribution < 1.29 is 8.78 Å². The van der Waals surface area contributed by atoms with Gasteiger partial charge in [0.15, 0.2) is 0 Å². The number of nitrogens with one attached hydrogen (secondary N) is 1. The molecule has 1 aliphatic heterocycles. The second-order valence-electron chi connectivity index (χ2n) is 5.33. The Morgan fingerprint density at radius 1 is 1.30 bits per heavy atom. The third kappa shape index (κ3) is 3.38. The molecule has 0 aliphatic carbocycles. The zero-order valence-electron chi connectivity index (χ0n) is 11.9. The van der Waals surface area contributed by atoms with Crippen LogP contribution in [-0.4, -0.2) is 30.1 Å². The van der Waals surface area contributed by atoms with Crippen molar-refractivity contribution in [3.63, 3.8) is 0 Å². The maximum atomic E-state index is 14.1. The number of hydrogen-bond donors (Lipinski definition) is 1. The molecular formula is C15H21BrF2N2. The van der Waals surface area contributed by atoms with Gasteiger partial charge in [0, 0.05) is 37.3 Å². The van der Waals surface area contributed by atoms with Crippen molar-refractivity contribution in [2.45, 2.75) is 45.3 Å². The van der Waals surface area contributed by atoms with Crippen LogP contribution >= 0.6 is 15.9 Å². The van der Waals surface area contributed by atoms with Crippen molar-refractivity contribution >= 4 is 15.9 Å². The van der Waals surface area contributed by atoms with Gasteiger partial charge in [-0.05, 0) is 40.9 Å². The lowest BCUT2D eigenvalue weighted by Gasteiger charge is -2.40. The highest BCUT2D eigenvalue weighted by Crippen LogP contribution is 2.25. The fourth-order valence-electron chi connectivity index (χ4n) is 2.72. The molecule has 2 atom stereocenters. The van der Waals surface area contributed by atoms with E-state index < -0.39 is 11.6 Å². The van der Waals surface area contributed by atoms with E-state index >= 15 is 0 Å². The maximum absolute atomic E-state index is 14.1. The summed E-state index contributed by atoms with van der Waals surface area (Å²) in [5, 5.41) is 3.49. The quantitative estimate of drug-likeness (QED) is 0.836. The second-order valence-corrected chi connectivity index (χ2v) is 6.18. The summed E-state index contributed by atoms with van der Waals surface area (Å²) in [6.45, 7) is 6.28. The zero-order chi connectivity index (χ0) is 14.7. The van der Waals surface area contributed by atoms with Crippen molar-refractivity contribution in [1.29, 1.82) is 0 Å². The molecule has 20 heavy (non-hydrogen) atoms. The van der Waals surface area contributed by atoms with Gasteiger partial charge in [-0.1, -0.05) is 13.8 Å². The number of benzene rings is 1. The van der Waals surface area contributed by atoms with Crippen LogP contribution in [0.3, 0.4) is 0 Å². The molecule has 0 spiro atoms. The molecule has 0 amide bonds. The van der Waals surface area contributed by atoms with E-state index in [4.69, 9.17) is 0 Å². The van der Waals surface area contributed by atoms with E-state index in [1.54, 1.807) is 0 Å². The highest BCUT2D eigenvalue weighted by molar-refractivity contribution is 9.10. The lowest BCUT2D eigenvalue weighted by atomic mass is 10.0. The Kier molecular flexibility index (Phi) is 5.52. The monoisotopic (exact) mass is 346 g/mol. The summed E-state index contributed by atoms with van der Waals surface area (Å²) in [6.07, 6.45) is 2.00. The van der Waals surface area contributed by atoms with Gasteiger partial charge in [0.05, 0.1) is 4.47 Å². The van der Waals surface area contributed by atoms with Crippen molar-refractivity contribution in [2.75, 3.05) is 13.1 Å². The van der Waals surface area contributed by atoms with Crippen LogP contribution in [0.4, 0.5) is 8.78 Å². The fourth-order valence-corrected chi connectivity index (χ4v) is 3.09. The van der Waals surface area contributed by atoms with Crippen molar-refractivity contribution in [1.82, 2.24) is 10.2 Å². The van der Waals surface area contributed by atoms with Gasteiger partial charge >= 0.3 is 0 Å². The van der Waals surface area contributed by atoms with E-state index in [1.807, 2.05) is 0 Å². The van der Waals surface area contributed by atoms with Gasteiger partial charge in [-0.15, -0.1) is 0 Å². The number of hydrogen-bond acceptors (Lipinski definition) is 2. The minimum atomic E-state index is -0.480. The van der Waals surface area contributed by atoms with E-state index in [2.05, 4.69) is 40.0 Å². The smallest absolute Gasteiger partial charge is 0.144 e. The van der Waals surface area contributed by atoms with Crippen LogP contribution < -0.4 is 5.32 Å². The Labute approximate surface area is 127 Å². The number of halogens is 3. The summed E-state index contributed by atoms with van der Waals surface area (Å²) < 4.78 is 28.3. The number of rotatable bonds is 4. The average molecular weight is 347 g/mol. The third-order valence-corrected chi connectivity index (χ3v) is 4.69. The SMILES string of the molecule is CCC1CN(Cc2c(F)ccc(Br)c2F)C(CC)CN1. The highest BCUT2D eigenvalue weighted by Gasteiger charge is 2.27. The topological polar surface area (TPSA) is 15.3 Å². The minimum absolute atomic E-state index is 0.162. The zero-order valence-corrected chi connectivity index (χ0v) is 13.5. The van der Waals surface area contributed by atoms with Crippen LogP contribution in [0.5, 0.6) is 0 Å². The van der Waals surface area contributed by atoms with E-state index in [-0.39, 0.29) is 5.56 Å². The summed E-state index contributed by atoms with van der Waals surface area (Å²) in [6, 6.07) is 3.47. The van der Waals surface area contributed by atoms with Gasteiger partial charge in [0.25, 0.3) is 0 Å². The van der Waals surface area contributed by atoms with E-state index in [9.17, 15) is 8.78 Å². The predicted molar refractivity (Wildman–Crippen MR) is 80.6 cm³/mol. The van der Waals surface area contributed by atoms with Crippen molar-refractivity contribution in [2.24, 2.45) is 0 Å². The van der Waals surface area contributed by atoms with Crippen LogP contribution in [0.15, 0.2) is 16.6 Å². The first-order valence-corrected chi connectivity index (χ1v) is 7.95. The Bertz CT molecular complexity index is 467. The molecule has 2 nitrogen and oxygen atoms in total. The van der Waals surface area contributed by atoms with Gasteiger partial charge in [-0.2, -0.15) is 0 Å². The predicted octanol–water partition coefficient (Wildman–Crippen LogP) is 3.69. The van der Waals surface area contributed by atoms with Crippen LogP contribution in [0, 0.1) is 11.6 Å². The van der Waals surface area contributed by atoms with Crippen LogP contribution in [0.25, 0.3) is 0 Å². The molecular weight excluding hydrogens is 326 g/mol. The van der Waals surface area contributed by atoms with Gasteiger partial charge in [0.2, 0.25) is 0 Å². The molecule has 0 saturated carbocycles. The lowest BCUT2D eigenvalue weighted by molar-refractivity contribution is 0.114. The van der Waals surface area contributed by atoms with Crippen molar-refractivity contribution in [3.05, 3.63) is 33.8 Å². The number of piperazine rings is 1. The molecule has 1 aromatic rings. The molecule has 1 fully saturated rings. The average Bonchev–Trinajstić information content (AvgIpc) is 2.47. The fraction of sp³-hybridized carbons (Fsp3) is 0.600. The van der Waals surface area contributed by atoms with Gasteiger partial charge in [0.1, 0.15) is 11.6 Å². The van der Waals surface area contributed by atoms with Crippen molar-refractivity contribution in [3.8, 4) is 0 Å². The molecule has 1 N–H and O–H groups in total. The largest absolute Gasteiger partial charge is 0.311 e. The molecule has 0 aromatic heterocycles. The van der Waals surface area contributed by atoms with E-state index in [0.29, 0.717) is 23.1 Å². The van der Waals surface area contributed by atoms with Gasteiger partial charge in [-0.3, -0.25) is 4.90 Å². The Balaban J connectivity index is 2.20. The lowest BCUT2D eigenvalue weighted by Crippen LogP contribution is -2.55. The Morgan fingerprint density at radius 2 is 2.05 bits per heavy atom. The third-order valence-electron chi connectivity index (χ3n) is 4.08. The molecule has 1 aliphatic rings. The standard InChI is InChI=1S/C15H21BrF2N2/c1-3-10-8-20(11(4-2)7-19-10)9-12-14(17)6-5-13(16)15(12)18/h5-6,10-11,19H,3-4,7-9H2,1-2H3. The summed E-state index contributed by atoms with van der Waals surface area (Å²) in [7, 11) is 0. The summed E-state index contributed by atoms with van der Waals surface area (Å²) in [5.41, 5.74) is 0.162. The molecule has 2 rings (SSSR count). The van der Waals surface area contributed by atoms with Crippen LogP contribution in [0.1, 0.15) is 32.3 Å². The van der Waals surface area contributed by atoms with Crippen LogP contribution in [0.2, 0.25) is 0 Å². The molecule has 1 heterocycles. The van der Waals surface area contributed by atoms with Gasteiger partial charge < -0.3 is 5.32 Å². The molecule has 0 bridgehead atoms. The summed E-state index contributed by atoms with van der Waals surface area (Å²) in [5.74, 6) is -0.946. The normalized spacial score (nSPS) is 24.1. The maximum Gasteiger partial charge on any atom is 0.144 e. The van der Waals surface area contributed by atoms with E-state index in [1.165, 1.54) is 12.1 Å². The molecule has 112 valence electrons. The highest BCUT2D eigenvalue weighted by atomic mass is 79.9. The summed E-state index contributed by atoms with van der Waals surface area (Å²) >= 11 is 3.13. The minimum Gasteiger partial charge on any atom is -0.311 e. The van der Waals surface area contributed by atoms with E-state index in [0.717, 1.165) is 25.9 Å². The molecule has 1 aromatic carbocycles. The second kappa shape index (κ2) is 6.96. The molecule has 2 unspecified atom stereocenters. The molecule has 0 radical (unpaired) electrons. The molecule has 5 heteroatoms. The Hall–Kier alpha value is -0.520. The van der Waals surface area contributed by atoms with Gasteiger partial charge in [-0.25, -0.2) is 8.78 Å². The summed E-state index contributed by atoms with van der Waals surface area (Å²) in [4.78, 5) is 2.19. The first-order chi connectivity index (χ1) is 9.56. The Morgan fingerprint density at radius 3 is 2.70 bits per heavy atom. The first kappa shape index (κ1) is 15.9. The first-order valence-electron chi connectivity index (χ1n) is 7.16. The molecule has 1 saturated heterocycles. The number of nitrogens with zero attached hydrogens (tertiary/aromatic N) is 1. The van der Waals surface area contributed by atoms with Crippen LogP contribution in [-0.2, 0) is 6.54 Å².